The number of nitrogens with one attached hydrogen (secondary N) is 1. The van der Waals surface area contributed by atoms with Gasteiger partial charge < -0.3 is 10.2 Å². The van der Waals surface area contributed by atoms with Crippen molar-refractivity contribution in [2.24, 2.45) is 7.05 Å². The summed E-state index contributed by atoms with van der Waals surface area (Å²) < 4.78 is 3.51. The Hall–Kier alpha value is -2.45. The SMILES string of the molecule is CN(C)c1nc(C(=O)NC2CCC(n3cncn3)CC2)nn1C. The molecule has 3 rings (SSSR count). The van der Waals surface area contributed by atoms with Gasteiger partial charge in [0.2, 0.25) is 11.8 Å². The highest BCUT2D eigenvalue weighted by atomic mass is 16.2. The molecule has 1 N–H and O–H groups in total. The van der Waals surface area contributed by atoms with Crippen LogP contribution < -0.4 is 10.2 Å². The van der Waals surface area contributed by atoms with Gasteiger partial charge in [0.25, 0.3) is 5.91 Å². The summed E-state index contributed by atoms with van der Waals surface area (Å²) in [5.41, 5.74) is 0. The summed E-state index contributed by atoms with van der Waals surface area (Å²) in [7, 11) is 5.52. The van der Waals surface area contributed by atoms with Gasteiger partial charge >= 0.3 is 0 Å². The molecule has 0 saturated heterocycles. The minimum Gasteiger partial charge on any atom is -0.347 e. The highest BCUT2D eigenvalue weighted by molar-refractivity contribution is 5.90. The molecule has 2 heterocycles. The predicted octanol–water partition coefficient (Wildman–Crippen LogP) is 0.386. The van der Waals surface area contributed by atoms with Crippen molar-refractivity contribution >= 4 is 11.9 Å². The van der Waals surface area contributed by atoms with Gasteiger partial charge in [0.05, 0.1) is 6.04 Å². The van der Waals surface area contributed by atoms with Crippen LogP contribution in [0.4, 0.5) is 5.95 Å². The zero-order valence-electron chi connectivity index (χ0n) is 13.7. The lowest BCUT2D eigenvalue weighted by Gasteiger charge is -2.28. The Morgan fingerprint density at radius 1 is 1.30 bits per heavy atom. The van der Waals surface area contributed by atoms with Crippen molar-refractivity contribution in [2.45, 2.75) is 37.8 Å². The van der Waals surface area contributed by atoms with E-state index in [0.29, 0.717) is 12.0 Å². The number of nitrogens with zero attached hydrogens (tertiary/aromatic N) is 7. The quantitative estimate of drug-likeness (QED) is 0.876. The van der Waals surface area contributed by atoms with Crippen LogP contribution in [0.1, 0.15) is 42.3 Å². The highest BCUT2D eigenvalue weighted by Crippen LogP contribution is 2.27. The second-order valence-electron chi connectivity index (χ2n) is 6.11. The summed E-state index contributed by atoms with van der Waals surface area (Å²) in [6, 6.07) is 0.535. The lowest BCUT2D eigenvalue weighted by Crippen LogP contribution is -2.38. The fraction of sp³-hybridized carbons (Fsp3) is 0.643. The van der Waals surface area contributed by atoms with Crippen molar-refractivity contribution in [2.75, 3.05) is 19.0 Å². The molecule has 0 aromatic carbocycles. The molecule has 1 aliphatic carbocycles. The number of aromatic nitrogens is 6. The Kier molecular flexibility index (Phi) is 4.26. The van der Waals surface area contributed by atoms with Gasteiger partial charge in [-0.1, -0.05) is 0 Å². The standard InChI is InChI=1S/C14H22N8O/c1-20(2)14-18-12(19-21(14)3)13(23)17-10-4-6-11(7-5-10)22-9-15-8-16-22/h8-11H,4-7H2,1-3H3,(H,17,23). The molecule has 0 atom stereocenters. The highest BCUT2D eigenvalue weighted by Gasteiger charge is 2.25. The first-order chi connectivity index (χ1) is 11.0. The molecule has 0 radical (unpaired) electrons. The summed E-state index contributed by atoms with van der Waals surface area (Å²) in [5, 5.41) is 11.4. The molecule has 1 saturated carbocycles. The fourth-order valence-corrected chi connectivity index (χ4v) is 3.00. The van der Waals surface area contributed by atoms with Crippen LogP contribution >= 0.6 is 0 Å². The van der Waals surface area contributed by atoms with Crippen LogP contribution in [0.15, 0.2) is 12.7 Å². The first-order valence-electron chi connectivity index (χ1n) is 7.78. The molecular weight excluding hydrogens is 296 g/mol. The monoisotopic (exact) mass is 318 g/mol. The average molecular weight is 318 g/mol. The second kappa shape index (κ2) is 6.35. The maximum Gasteiger partial charge on any atom is 0.291 e. The van der Waals surface area contributed by atoms with Crippen LogP contribution in [0.3, 0.4) is 0 Å². The largest absolute Gasteiger partial charge is 0.347 e. The van der Waals surface area contributed by atoms with E-state index < -0.39 is 0 Å². The third kappa shape index (κ3) is 3.33. The summed E-state index contributed by atoms with van der Waals surface area (Å²) in [4.78, 5) is 22.4. The third-order valence-corrected chi connectivity index (χ3v) is 4.19. The van der Waals surface area contributed by atoms with Gasteiger partial charge in [-0.3, -0.25) is 4.79 Å². The number of rotatable bonds is 4. The molecule has 0 spiro atoms. The van der Waals surface area contributed by atoms with Crippen molar-refractivity contribution in [3.8, 4) is 0 Å². The van der Waals surface area contributed by atoms with Crippen molar-refractivity contribution in [1.82, 2.24) is 34.8 Å². The first kappa shape index (κ1) is 15.4. The number of carbonyl (C=O) groups is 1. The molecule has 0 bridgehead atoms. The summed E-state index contributed by atoms with van der Waals surface area (Å²) in [6.45, 7) is 0. The molecule has 0 aliphatic heterocycles. The van der Waals surface area contributed by atoms with Crippen molar-refractivity contribution < 1.29 is 4.79 Å². The second-order valence-corrected chi connectivity index (χ2v) is 6.11. The van der Waals surface area contributed by atoms with Crippen LogP contribution in [-0.2, 0) is 7.05 Å². The molecular formula is C14H22N8O. The minimum absolute atomic E-state index is 0.161. The van der Waals surface area contributed by atoms with Crippen molar-refractivity contribution in [3.05, 3.63) is 18.5 Å². The molecule has 9 heteroatoms. The average Bonchev–Trinajstić information content (AvgIpc) is 3.17. The molecule has 23 heavy (non-hydrogen) atoms. The van der Waals surface area contributed by atoms with Gasteiger partial charge in [-0.2, -0.15) is 10.1 Å². The Morgan fingerprint density at radius 2 is 2.04 bits per heavy atom. The van der Waals surface area contributed by atoms with Gasteiger partial charge in [-0.15, -0.1) is 5.10 Å². The molecule has 2 aromatic heterocycles. The van der Waals surface area contributed by atoms with E-state index in [1.54, 1.807) is 24.4 Å². The van der Waals surface area contributed by atoms with E-state index in [0.717, 1.165) is 25.7 Å². The van der Waals surface area contributed by atoms with Crippen LogP contribution in [0, 0.1) is 0 Å². The number of aryl methyl sites for hydroxylation is 1. The number of amides is 1. The van der Waals surface area contributed by atoms with Crippen LogP contribution in [-0.4, -0.2) is 55.6 Å². The number of carbonyl (C=O) groups excluding carboxylic acids is 1. The van der Waals surface area contributed by atoms with Gasteiger partial charge in [0.15, 0.2) is 0 Å². The van der Waals surface area contributed by atoms with Crippen LogP contribution in [0.5, 0.6) is 0 Å². The first-order valence-corrected chi connectivity index (χ1v) is 7.78. The Labute approximate surface area is 134 Å². The van der Waals surface area contributed by atoms with Gasteiger partial charge in [-0.25, -0.2) is 14.3 Å². The van der Waals surface area contributed by atoms with E-state index in [9.17, 15) is 4.79 Å². The van der Waals surface area contributed by atoms with E-state index in [-0.39, 0.29) is 17.8 Å². The zero-order valence-corrected chi connectivity index (χ0v) is 13.7. The topological polar surface area (TPSA) is 93.8 Å². The lowest BCUT2D eigenvalue weighted by atomic mass is 9.91. The van der Waals surface area contributed by atoms with Crippen molar-refractivity contribution in [1.29, 1.82) is 0 Å². The van der Waals surface area contributed by atoms with Crippen molar-refractivity contribution in [3.63, 3.8) is 0 Å². The Morgan fingerprint density at radius 3 is 2.61 bits per heavy atom. The maximum atomic E-state index is 12.3. The van der Waals surface area contributed by atoms with Crippen LogP contribution in [0.25, 0.3) is 0 Å². The Bertz CT molecular complexity index is 654. The number of hydrogen-bond acceptors (Lipinski definition) is 6. The molecule has 1 aliphatic rings. The number of anilines is 1. The fourth-order valence-electron chi connectivity index (χ4n) is 3.00. The molecule has 9 nitrogen and oxygen atoms in total. The minimum atomic E-state index is -0.210. The number of hydrogen-bond donors (Lipinski definition) is 1. The molecule has 2 aromatic rings. The molecule has 1 amide bonds. The third-order valence-electron chi connectivity index (χ3n) is 4.19. The van der Waals surface area contributed by atoms with Crippen LogP contribution in [0.2, 0.25) is 0 Å². The molecule has 1 fully saturated rings. The lowest BCUT2D eigenvalue weighted by molar-refractivity contribution is 0.0911. The summed E-state index contributed by atoms with van der Waals surface area (Å²) in [6.07, 6.45) is 7.11. The zero-order chi connectivity index (χ0) is 16.4. The van der Waals surface area contributed by atoms with E-state index >= 15 is 0 Å². The van der Waals surface area contributed by atoms with E-state index in [1.807, 2.05) is 23.7 Å². The predicted molar refractivity (Wildman–Crippen MR) is 84.1 cm³/mol. The summed E-state index contributed by atoms with van der Waals surface area (Å²) in [5.74, 6) is 0.664. The molecule has 0 unspecified atom stereocenters. The van der Waals surface area contributed by atoms with E-state index in [2.05, 4.69) is 25.5 Å². The molecule has 124 valence electrons. The smallest absolute Gasteiger partial charge is 0.291 e. The Balaban J connectivity index is 1.56. The van der Waals surface area contributed by atoms with E-state index in [1.165, 1.54) is 0 Å². The maximum absolute atomic E-state index is 12.3. The normalized spacial score (nSPS) is 21.2. The van der Waals surface area contributed by atoms with E-state index in [4.69, 9.17) is 0 Å². The van der Waals surface area contributed by atoms with Gasteiger partial charge in [0, 0.05) is 27.2 Å². The van der Waals surface area contributed by atoms with Gasteiger partial charge in [0.1, 0.15) is 12.7 Å². The summed E-state index contributed by atoms with van der Waals surface area (Å²) >= 11 is 0. The van der Waals surface area contributed by atoms with Gasteiger partial charge in [-0.05, 0) is 25.7 Å².